The summed E-state index contributed by atoms with van der Waals surface area (Å²) in [7, 11) is 3.08. The maximum Gasteiger partial charge on any atom is 0.255 e. The highest BCUT2D eigenvalue weighted by Crippen LogP contribution is 2.24. The Bertz CT molecular complexity index is 711. The van der Waals surface area contributed by atoms with E-state index in [1.807, 2.05) is 12.1 Å². The van der Waals surface area contributed by atoms with Gasteiger partial charge in [0.2, 0.25) is 0 Å². The molecular formula is C20H26N2O3. The van der Waals surface area contributed by atoms with Crippen LogP contribution in [0.4, 0.5) is 0 Å². The van der Waals surface area contributed by atoms with Crippen LogP contribution in [-0.2, 0) is 0 Å². The molecule has 0 spiro atoms. The van der Waals surface area contributed by atoms with E-state index in [0.717, 1.165) is 5.56 Å². The zero-order valence-electron chi connectivity index (χ0n) is 15.2. The van der Waals surface area contributed by atoms with Crippen molar-refractivity contribution in [2.75, 3.05) is 20.8 Å². The van der Waals surface area contributed by atoms with Gasteiger partial charge in [-0.1, -0.05) is 38.1 Å². The van der Waals surface area contributed by atoms with E-state index in [2.05, 4.69) is 31.3 Å². The van der Waals surface area contributed by atoms with Crippen molar-refractivity contribution in [1.29, 1.82) is 0 Å². The maximum atomic E-state index is 12.5. The first-order valence-electron chi connectivity index (χ1n) is 8.32. The zero-order valence-corrected chi connectivity index (χ0v) is 15.2. The van der Waals surface area contributed by atoms with E-state index in [-0.39, 0.29) is 11.9 Å². The molecule has 0 aliphatic carbocycles. The fraction of sp³-hybridized carbons (Fsp3) is 0.350. The van der Waals surface area contributed by atoms with Gasteiger partial charge >= 0.3 is 0 Å². The number of carbonyl (C=O) groups excluding carboxylic acids is 1. The zero-order chi connectivity index (χ0) is 18.4. The van der Waals surface area contributed by atoms with Crippen LogP contribution in [0.25, 0.3) is 0 Å². The van der Waals surface area contributed by atoms with Crippen molar-refractivity contribution < 1.29 is 14.3 Å². The van der Waals surface area contributed by atoms with E-state index in [1.165, 1.54) is 12.7 Å². The Labute approximate surface area is 149 Å². The Kier molecular flexibility index (Phi) is 6.42. The van der Waals surface area contributed by atoms with Crippen molar-refractivity contribution >= 4 is 5.91 Å². The number of nitrogens with two attached hydrogens (primary N) is 1. The molecule has 134 valence electrons. The Morgan fingerprint density at radius 3 is 2.24 bits per heavy atom. The molecule has 0 aliphatic rings. The molecule has 5 heteroatoms. The summed E-state index contributed by atoms with van der Waals surface area (Å²) in [5, 5.41) is 2.86. The van der Waals surface area contributed by atoms with Crippen molar-refractivity contribution in [1.82, 2.24) is 5.32 Å². The minimum atomic E-state index is -0.276. The van der Waals surface area contributed by atoms with E-state index >= 15 is 0 Å². The summed E-state index contributed by atoms with van der Waals surface area (Å²) in [6.45, 7) is 4.63. The highest BCUT2D eigenvalue weighted by Gasteiger charge is 2.15. The largest absolute Gasteiger partial charge is 0.497 e. The summed E-state index contributed by atoms with van der Waals surface area (Å²) in [6, 6.07) is 13.0. The minimum absolute atomic E-state index is 0.245. The lowest BCUT2D eigenvalue weighted by molar-refractivity contribution is 0.0948. The lowest BCUT2D eigenvalue weighted by Crippen LogP contribution is -2.32. The molecular weight excluding hydrogens is 316 g/mol. The number of ether oxygens (including phenoxy) is 2. The van der Waals surface area contributed by atoms with Crippen LogP contribution in [0.2, 0.25) is 0 Å². The van der Waals surface area contributed by atoms with Crippen molar-refractivity contribution in [2.45, 2.75) is 25.8 Å². The third-order valence-electron chi connectivity index (χ3n) is 4.17. The number of rotatable bonds is 7. The summed E-state index contributed by atoms with van der Waals surface area (Å²) >= 11 is 0. The normalized spacial score (nSPS) is 11.9. The van der Waals surface area contributed by atoms with Crippen LogP contribution >= 0.6 is 0 Å². The van der Waals surface area contributed by atoms with Gasteiger partial charge in [0.15, 0.2) is 0 Å². The van der Waals surface area contributed by atoms with E-state index in [1.54, 1.807) is 25.3 Å². The molecule has 0 bridgehead atoms. The molecule has 0 aliphatic heterocycles. The molecule has 2 aromatic carbocycles. The average Bonchev–Trinajstić information content (AvgIpc) is 2.65. The SMILES string of the molecule is COc1ccc(OC)c(C(=O)NCC(N)c2ccc(C(C)C)cc2)c1. The van der Waals surface area contributed by atoms with Crippen LogP contribution < -0.4 is 20.5 Å². The first-order chi connectivity index (χ1) is 12.0. The smallest absolute Gasteiger partial charge is 0.255 e. The summed E-state index contributed by atoms with van der Waals surface area (Å²) < 4.78 is 10.4. The van der Waals surface area contributed by atoms with Gasteiger partial charge in [0.1, 0.15) is 11.5 Å². The molecule has 1 amide bonds. The molecule has 2 aromatic rings. The fourth-order valence-electron chi connectivity index (χ4n) is 2.54. The number of hydrogen-bond acceptors (Lipinski definition) is 4. The predicted molar refractivity (Wildman–Crippen MR) is 99.3 cm³/mol. The quantitative estimate of drug-likeness (QED) is 0.810. The van der Waals surface area contributed by atoms with E-state index in [4.69, 9.17) is 15.2 Å². The van der Waals surface area contributed by atoms with E-state index in [9.17, 15) is 4.79 Å². The summed E-state index contributed by atoms with van der Waals surface area (Å²) in [5.74, 6) is 1.32. The molecule has 5 nitrogen and oxygen atoms in total. The minimum Gasteiger partial charge on any atom is -0.497 e. The standard InChI is InChI=1S/C20H26N2O3/c1-13(2)14-5-7-15(8-6-14)18(21)12-22-20(23)17-11-16(24-3)9-10-19(17)25-4/h5-11,13,18H,12,21H2,1-4H3,(H,22,23). The lowest BCUT2D eigenvalue weighted by Gasteiger charge is -2.16. The molecule has 1 atom stereocenters. The molecule has 2 rings (SSSR count). The Morgan fingerprint density at radius 2 is 1.68 bits per heavy atom. The molecule has 0 heterocycles. The Morgan fingerprint density at radius 1 is 1.04 bits per heavy atom. The van der Waals surface area contributed by atoms with Crippen LogP contribution in [0.3, 0.4) is 0 Å². The van der Waals surface area contributed by atoms with Gasteiger partial charge in [0.25, 0.3) is 5.91 Å². The number of carbonyl (C=O) groups is 1. The highest BCUT2D eigenvalue weighted by molar-refractivity contribution is 5.97. The van der Waals surface area contributed by atoms with Gasteiger partial charge in [0.05, 0.1) is 19.8 Å². The number of benzene rings is 2. The van der Waals surface area contributed by atoms with Crippen LogP contribution in [-0.4, -0.2) is 26.7 Å². The topological polar surface area (TPSA) is 73.6 Å². The van der Waals surface area contributed by atoms with Crippen LogP contribution in [0.15, 0.2) is 42.5 Å². The van der Waals surface area contributed by atoms with Gasteiger partial charge in [0, 0.05) is 12.6 Å². The van der Waals surface area contributed by atoms with Crippen molar-refractivity contribution in [3.8, 4) is 11.5 Å². The van der Waals surface area contributed by atoms with Crippen molar-refractivity contribution in [3.63, 3.8) is 0 Å². The summed E-state index contributed by atoms with van der Waals surface area (Å²) in [6.07, 6.45) is 0. The number of hydrogen-bond donors (Lipinski definition) is 2. The Balaban J connectivity index is 2.04. The Hall–Kier alpha value is -2.53. The van der Waals surface area contributed by atoms with Gasteiger partial charge in [-0.2, -0.15) is 0 Å². The average molecular weight is 342 g/mol. The molecule has 1 unspecified atom stereocenters. The van der Waals surface area contributed by atoms with Gasteiger partial charge in [-0.05, 0) is 35.2 Å². The van der Waals surface area contributed by atoms with E-state index < -0.39 is 0 Å². The molecule has 0 aromatic heterocycles. The van der Waals surface area contributed by atoms with Crippen LogP contribution in [0, 0.1) is 0 Å². The molecule has 0 saturated carbocycles. The number of amides is 1. The molecule has 0 fully saturated rings. The van der Waals surface area contributed by atoms with Crippen molar-refractivity contribution in [2.24, 2.45) is 5.73 Å². The van der Waals surface area contributed by atoms with Gasteiger partial charge < -0.3 is 20.5 Å². The van der Waals surface area contributed by atoms with Gasteiger partial charge in [-0.15, -0.1) is 0 Å². The monoisotopic (exact) mass is 342 g/mol. The highest BCUT2D eigenvalue weighted by atomic mass is 16.5. The second-order valence-electron chi connectivity index (χ2n) is 6.20. The molecule has 3 N–H and O–H groups in total. The third-order valence-corrected chi connectivity index (χ3v) is 4.17. The van der Waals surface area contributed by atoms with Crippen LogP contribution in [0.5, 0.6) is 11.5 Å². The second kappa shape index (κ2) is 8.53. The first kappa shape index (κ1) is 18.8. The number of nitrogens with one attached hydrogen (secondary N) is 1. The first-order valence-corrected chi connectivity index (χ1v) is 8.32. The number of methoxy groups -OCH3 is 2. The van der Waals surface area contributed by atoms with Gasteiger partial charge in [-0.3, -0.25) is 4.79 Å². The fourth-order valence-corrected chi connectivity index (χ4v) is 2.54. The molecule has 0 radical (unpaired) electrons. The van der Waals surface area contributed by atoms with Gasteiger partial charge in [-0.25, -0.2) is 0 Å². The van der Waals surface area contributed by atoms with E-state index in [0.29, 0.717) is 29.5 Å². The summed E-state index contributed by atoms with van der Waals surface area (Å²) in [5.41, 5.74) is 8.88. The van der Waals surface area contributed by atoms with Crippen molar-refractivity contribution in [3.05, 3.63) is 59.2 Å². The summed E-state index contributed by atoms with van der Waals surface area (Å²) in [4.78, 5) is 12.5. The third kappa shape index (κ3) is 4.73. The molecule has 25 heavy (non-hydrogen) atoms. The predicted octanol–water partition coefficient (Wildman–Crippen LogP) is 3.26. The molecule has 0 saturated heterocycles. The lowest BCUT2D eigenvalue weighted by atomic mass is 9.99. The second-order valence-corrected chi connectivity index (χ2v) is 6.20. The van der Waals surface area contributed by atoms with Crippen LogP contribution in [0.1, 0.15) is 47.3 Å². The maximum absolute atomic E-state index is 12.5.